The van der Waals surface area contributed by atoms with E-state index in [0.29, 0.717) is 31.1 Å². The van der Waals surface area contributed by atoms with Crippen molar-refractivity contribution in [2.75, 3.05) is 0 Å². The van der Waals surface area contributed by atoms with Crippen LogP contribution in [0.4, 0.5) is 0 Å². The van der Waals surface area contributed by atoms with E-state index in [2.05, 4.69) is 45.1 Å². The van der Waals surface area contributed by atoms with Crippen LogP contribution in [0.2, 0.25) is 25.7 Å². The van der Waals surface area contributed by atoms with Gasteiger partial charge in [0, 0.05) is 26.8 Å². The lowest BCUT2D eigenvalue weighted by atomic mass is 9.82. The Morgan fingerprint density at radius 1 is 1.29 bits per heavy atom. The number of rotatable bonds is 6. The summed E-state index contributed by atoms with van der Waals surface area (Å²) in [6.07, 6.45) is 10.1. The molecule has 2 saturated heterocycles. The normalized spacial score (nSPS) is 32.9. The molecule has 1 N–H and O–H groups in total. The van der Waals surface area contributed by atoms with E-state index in [1.165, 1.54) is 36.8 Å². The van der Waals surface area contributed by atoms with E-state index in [4.69, 9.17) is 4.74 Å². The fourth-order valence-electron chi connectivity index (χ4n) is 6.15. The second kappa shape index (κ2) is 9.75. The van der Waals surface area contributed by atoms with Gasteiger partial charge in [0.25, 0.3) is 0 Å². The Morgan fingerprint density at radius 2 is 2.03 bits per heavy atom. The maximum Gasteiger partial charge on any atom is 0.136 e. The third-order valence-corrected chi connectivity index (χ3v) is 9.05. The Bertz CT molecular complexity index is 770. The summed E-state index contributed by atoms with van der Waals surface area (Å²) in [6, 6.07) is 1.03. The molecule has 31 heavy (non-hydrogen) atoms. The van der Waals surface area contributed by atoms with Crippen LogP contribution in [0, 0.1) is 11.8 Å². The Morgan fingerprint density at radius 3 is 2.65 bits per heavy atom. The molecule has 2 bridgehead atoms. The van der Waals surface area contributed by atoms with Crippen LogP contribution < -0.4 is 0 Å². The first-order valence-corrected chi connectivity index (χ1v) is 15.9. The molecular formula is C27H42O3Si. The molecule has 4 fully saturated rings. The van der Waals surface area contributed by atoms with Crippen molar-refractivity contribution < 1.29 is 14.6 Å². The molecule has 172 valence electrons. The van der Waals surface area contributed by atoms with Gasteiger partial charge in [0.05, 0.1) is 17.8 Å². The molecule has 1 spiro atoms. The summed E-state index contributed by atoms with van der Waals surface area (Å²) in [5, 5.41) is 10.1. The first-order valence-electron chi connectivity index (χ1n) is 12.2. The number of aliphatic hydroxyl groups is 1. The lowest BCUT2D eigenvalue weighted by Crippen LogP contribution is -2.37. The molecule has 3 nitrogen and oxygen atoms in total. The highest BCUT2D eigenvalue weighted by Gasteiger charge is 2.55. The minimum absolute atomic E-state index is 0.0417. The average Bonchev–Trinajstić information content (AvgIpc) is 3.32. The summed E-state index contributed by atoms with van der Waals surface area (Å²) in [7, 11) is -1.18. The molecule has 4 aliphatic rings. The highest BCUT2D eigenvalue weighted by molar-refractivity contribution is 6.76. The molecule has 2 heterocycles. The minimum atomic E-state index is -1.18. The van der Waals surface area contributed by atoms with Crippen molar-refractivity contribution in [2.24, 2.45) is 11.8 Å². The van der Waals surface area contributed by atoms with Crippen molar-refractivity contribution in [1.82, 2.24) is 0 Å². The van der Waals surface area contributed by atoms with Gasteiger partial charge >= 0.3 is 0 Å². The van der Waals surface area contributed by atoms with Gasteiger partial charge in [-0.25, -0.2) is 0 Å². The molecule has 4 rings (SSSR count). The number of fused-ring (bicyclic) bond motifs is 1. The van der Waals surface area contributed by atoms with E-state index in [0.717, 1.165) is 36.8 Å². The lowest BCUT2D eigenvalue weighted by Gasteiger charge is -2.36. The van der Waals surface area contributed by atoms with Gasteiger partial charge in [-0.15, -0.1) is 5.73 Å². The molecule has 5 unspecified atom stereocenters. The minimum Gasteiger partial charge on any atom is -0.393 e. The molecule has 0 aromatic heterocycles. The van der Waals surface area contributed by atoms with Crippen LogP contribution in [0.1, 0.15) is 64.2 Å². The molecule has 5 atom stereocenters. The zero-order valence-electron chi connectivity index (χ0n) is 20.0. The summed E-state index contributed by atoms with van der Waals surface area (Å²) >= 11 is 0. The Balaban J connectivity index is 0.000000183. The van der Waals surface area contributed by atoms with Gasteiger partial charge in [0.15, 0.2) is 0 Å². The second-order valence-electron chi connectivity index (χ2n) is 11.4. The van der Waals surface area contributed by atoms with E-state index in [1.807, 2.05) is 0 Å². The predicted octanol–water partition coefficient (Wildman–Crippen LogP) is 6.38. The molecule has 2 aliphatic carbocycles. The molecule has 0 aromatic rings. The molecule has 4 heteroatoms. The number of ketones is 1. The third kappa shape index (κ3) is 5.79. The van der Waals surface area contributed by atoms with Crippen LogP contribution in [0.25, 0.3) is 0 Å². The highest BCUT2D eigenvalue weighted by Crippen LogP contribution is 2.57. The summed E-state index contributed by atoms with van der Waals surface area (Å²) in [5.41, 5.74) is 6.62. The molecular weight excluding hydrogens is 400 g/mol. The van der Waals surface area contributed by atoms with Crippen molar-refractivity contribution in [2.45, 2.75) is 108 Å². The second-order valence-corrected chi connectivity index (χ2v) is 16.9. The van der Waals surface area contributed by atoms with Crippen LogP contribution in [-0.2, 0) is 9.53 Å². The largest absolute Gasteiger partial charge is 0.393 e. The van der Waals surface area contributed by atoms with Crippen molar-refractivity contribution in [3.63, 3.8) is 0 Å². The number of carbonyl (C=O) groups excluding carboxylic acids is 1. The first-order chi connectivity index (χ1) is 14.5. The van der Waals surface area contributed by atoms with Gasteiger partial charge < -0.3 is 9.84 Å². The van der Waals surface area contributed by atoms with Crippen LogP contribution in [0.3, 0.4) is 0 Å². The maximum absolute atomic E-state index is 11.6. The average molecular weight is 443 g/mol. The quantitative estimate of drug-likeness (QED) is 0.384. The topological polar surface area (TPSA) is 46.5 Å². The standard InChI is InChI=1S/C15H26O2Si.C12H16O/c1-5-12(11-18(2,3)4)9-14(16)10-13-7-6-8-15(13)17;1-8-6-11-7-10-4-3-5-12(10,13-11)9(8)2/h13-14,16H,1,6-11H2,2-4H3;10-11H,1-7H2. The smallest absolute Gasteiger partial charge is 0.136 e. The number of aliphatic hydroxyl groups excluding tert-OH is 1. The van der Waals surface area contributed by atoms with Crippen molar-refractivity contribution in [1.29, 1.82) is 0 Å². The monoisotopic (exact) mass is 442 g/mol. The fraction of sp³-hybridized carbons (Fsp3) is 0.704. The van der Waals surface area contributed by atoms with Crippen molar-refractivity contribution in [3.05, 3.63) is 42.2 Å². The third-order valence-electron chi connectivity index (χ3n) is 7.56. The van der Waals surface area contributed by atoms with Gasteiger partial charge in [-0.05, 0) is 80.0 Å². The Kier molecular flexibility index (Phi) is 7.69. The molecule has 2 aliphatic heterocycles. The van der Waals surface area contributed by atoms with Crippen molar-refractivity contribution in [3.8, 4) is 0 Å². The number of ether oxygens (including phenoxy) is 1. The van der Waals surface area contributed by atoms with Gasteiger partial charge in [0.2, 0.25) is 0 Å². The van der Waals surface area contributed by atoms with E-state index in [9.17, 15) is 9.90 Å². The van der Waals surface area contributed by atoms with E-state index in [1.54, 1.807) is 0 Å². The van der Waals surface area contributed by atoms with Gasteiger partial charge in [-0.2, -0.15) is 0 Å². The zero-order chi connectivity index (χ0) is 22.8. The van der Waals surface area contributed by atoms with Crippen LogP contribution in [0.15, 0.2) is 42.2 Å². The predicted molar refractivity (Wildman–Crippen MR) is 131 cm³/mol. The van der Waals surface area contributed by atoms with Gasteiger partial charge in [-0.3, -0.25) is 4.79 Å². The Hall–Kier alpha value is -1.19. The molecule has 2 saturated carbocycles. The molecule has 0 aromatic carbocycles. The number of carbonyl (C=O) groups is 1. The SMILES string of the molecule is C=C1CC2CC3CCCC3(O2)C1=C.C=C=C(CC(O)CC1CCCC1=O)C[Si](C)(C)C. The van der Waals surface area contributed by atoms with Crippen molar-refractivity contribution >= 4 is 13.9 Å². The highest BCUT2D eigenvalue weighted by atomic mass is 28.3. The van der Waals surface area contributed by atoms with E-state index >= 15 is 0 Å². The summed E-state index contributed by atoms with van der Waals surface area (Å²) in [4.78, 5) is 11.6. The zero-order valence-corrected chi connectivity index (χ0v) is 21.0. The molecule has 0 radical (unpaired) electrons. The summed E-state index contributed by atoms with van der Waals surface area (Å²) < 4.78 is 6.13. The fourth-order valence-corrected chi connectivity index (χ4v) is 7.70. The van der Waals surface area contributed by atoms with Gasteiger partial charge in [-0.1, -0.05) is 39.4 Å². The Labute approximate surface area is 190 Å². The molecule has 0 amide bonds. The van der Waals surface area contributed by atoms with Crippen LogP contribution in [-0.4, -0.2) is 36.8 Å². The maximum atomic E-state index is 11.6. The summed E-state index contributed by atoms with van der Waals surface area (Å²) in [6.45, 7) is 18.9. The first kappa shape index (κ1) is 24.4. The summed E-state index contributed by atoms with van der Waals surface area (Å²) in [5.74, 6) is 1.19. The van der Waals surface area contributed by atoms with Crippen LogP contribution in [0.5, 0.6) is 0 Å². The van der Waals surface area contributed by atoms with E-state index in [-0.39, 0.29) is 11.5 Å². The number of Topliss-reactive ketones (excluding diaryl/α,β-unsaturated/α-hetero) is 1. The van der Waals surface area contributed by atoms with Crippen LogP contribution >= 0.6 is 0 Å². The number of hydrogen-bond donors (Lipinski definition) is 1. The van der Waals surface area contributed by atoms with Gasteiger partial charge in [0.1, 0.15) is 5.78 Å². The number of hydrogen-bond acceptors (Lipinski definition) is 3. The van der Waals surface area contributed by atoms with E-state index < -0.39 is 14.2 Å². The lowest BCUT2D eigenvalue weighted by molar-refractivity contribution is -0.121.